The van der Waals surface area contributed by atoms with Gasteiger partial charge in [-0.05, 0) is 42.0 Å². The van der Waals surface area contributed by atoms with Gasteiger partial charge >= 0.3 is 0 Å². The number of carbonyl (C=O) groups excluding carboxylic acids is 1. The Morgan fingerprint density at radius 3 is 2.62 bits per heavy atom. The summed E-state index contributed by atoms with van der Waals surface area (Å²) in [6.45, 7) is 9.84. The lowest BCUT2D eigenvalue weighted by Gasteiger charge is -2.37. The van der Waals surface area contributed by atoms with Crippen LogP contribution >= 0.6 is 11.6 Å². The number of aromatic nitrogens is 1. The van der Waals surface area contributed by atoms with Crippen LogP contribution in [0, 0.1) is 11.3 Å². The topological polar surface area (TPSA) is 69.5 Å². The van der Waals surface area contributed by atoms with Gasteiger partial charge in [-0.25, -0.2) is 4.98 Å². The molecule has 7 heteroatoms. The summed E-state index contributed by atoms with van der Waals surface area (Å²) in [6, 6.07) is 8.07. The zero-order chi connectivity index (χ0) is 22.8. The number of rotatable bonds is 4. The summed E-state index contributed by atoms with van der Waals surface area (Å²) in [5.41, 5.74) is 5.48. The highest BCUT2D eigenvalue weighted by molar-refractivity contribution is 6.33. The fourth-order valence-electron chi connectivity index (χ4n) is 4.53. The maximum Gasteiger partial charge on any atom is 0.255 e. The number of anilines is 1. The molecule has 4 rings (SSSR count). The van der Waals surface area contributed by atoms with Crippen LogP contribution in [0.4, 0.5) is 5.82 Å². The van der Waals surface area contributed by atoms with E-state index in [4.69, 9.17) is 21.3 Å². The van der Waals surface area contributed by atoms with Crippen LogP contribution in [0.3, 0.4) is 0 Å². The third kappa shape index (κ3) is 4.20. The van der Waals surface area contributed by atoms with Crippen LogP contribution in [0.5, 0.6) is 0 Å². The van der Waals surface area contributed by atoms with Crippen LogP contribution in [0.25, 0.3) is 0 Å². The molecule has 0 saturated carbocycles. The Labute approximate surface area is 194 Å². The largest absolute Gasteiger partial charge is 0.376 e. The Bertz CT molecular complexity index is 1070. The zero-order valence-corrected chi connectivity index (χ0v) is 19.7. The van der Waals surface area contributed by atoms with E-state index in [1.165, 1.54) is 0 Å². The molecule has 0 spiro atoms. The van der Waals surface area contributed by atoms with Gasteiger partial charge in [0.25, 0.3) is 5.91 Å². The van der Waals surface area contributed by atoms with Crippen molar-refractivity contribution >= 4 is 23.3 Å². The van der Waals surface area contributed by atoms with Crippen molar-refractivity contribution in [2.45, 2.75) is 46.1 Å². The van der Waals surface area contributed by atoms with Gasteiger partial charge < -0.3 is 14.5 Å². The number of fused-ring (bicyclic) bond motifs is 1. The van der Waals surface area contributed by atoms with Crippen LogP contribution in [0.1, 0.15) is 65.0 Å². The maximum absolute atomic E-state index is 13.1. The van der Waals surface area contributed by atoms with Crippen molar-refractivity contribution in [2.24, 2.45) is 0 Å². The van der Waals surface area contributed by atoms with Crippen LogP contribution in [0.2, 0.25) is 5.02 Å². The molecule has 168 valence electrons. The molecule has 1 aromatic carbocycles. The van der Waals surface area contributed by atoms with E-state index < -0.39 is 0 Å². The monoisotopic (exact) mass is 452 g/mol. The van der Waals surface area contributed by atoms with Gasteiger partial charge in [-0.3, -0.25) is 4.79 Å². The highest BCUT2D eigenvalue weighted by Crippen LogP contribution is 2.33. The summed E-state index contributed by atoms with van der Waals surface area (Å²) < 4.78 is 5.66. The molecule has 1 fully saturated rings. The normalized spacial score (nSPS) is 16.1. The number of nitrogens with zero attached hydrogens (tertiary/aromatic N) is 4. The van der Waals surface area contributed by atoms with Gasteiger partial charge in [0, 0.05) is 31.7 Å². The van der Waals surface area contributed by atoms with Crippen LogP contribution in [-0.2, 0) is 24.2 Å². The molecule has 0 N–H and O–H groups in total. The number of amides is 1. The minimum Gasteiger partial charge on any atom is -0.376 e. The molecule has 1 aromatic heterocycles. The first-order valence-electron chi connectivity index (χ1n) is 11.3. The van der Waals surface area contributed by atoms with E-state index in [-0.39, 0.29) is 11.8 Å². The number of halogens is 1. The molecule has 1 amide bonds. The van der Waals surface area contributed by atoms with Crippen LogP contribution < -0.4 is 4.90 Å². The first-order chi connectivity index (χ1) is 15.4. The number of ether oxygens (including phenoxy) is 1. The molecule has 6 nitrogen and oxygen atoms in total. The van der Waals surface area contributed by atoms with Gasteiger partial charge in [0.1, 0.15) is 11.9 Å². The smallest absolute Gasteiger partial charge is 0.255 e. The van der Waals surface area contributed by atoms with E-state index >= 15 is 0 Å². The second kappa shape index (κ2) is 9.48. The van der Waals surface area contributed by atoms with E-state index in [1.807, 2.05) is 23.1 Å². The van der Waals surface area contributed by atoms with E-state index in [1.54, 1.807) is 0 Å². The van der Waals surface area contributed by atoms with Gasteiger partial charge in [0.15, 0.2) is 0 Å². The van der Waals surface area contributed by atoms with E-state index in [2.05, 4.69) is 31.7 Å². The summed E-state index contributed by atoms with van der Waals surface area (Å²) in [6.07, 6.45) is 1.62. The molecule has 0 bridgehead atoms. The van der Waals surface area contributed by atoms with Crippen molar-refractivity contribution in [3.8, 4) is 6.07 Å². The molecule has 2 aromatic rings. The standard InChI is InChI=1S/C25H29ClN4O2/c1-4-17-5-6-19(22(26)13-17)25(31)30-10-8-29(9-11-30)24-20(14-27)18-7-12-32-15-21(18)23(28-24)16(2)3/h5-6,13,16H,4,7-12,15H2,1-3H3. The first-order valence-corrected chi connectivity index (χ1v) is 11.7. The molecule has 32 heavy (non-hydrogen) atoms. The van der Waals surface area contributed by atoms with Crippen molar-refractivity contribution in [1.82, 2.24) is 9.88 Å². The quantitative estimate of drug-likeness (QED) is 0.690. The molecule has 2 aliphatic heterocycles. The van der Waals surface area contributed by atoms with Gasteiger partial charge in [-0.15, -0.1) is 0 Å². The molecule has 3 heterocycles. The zero-order valence-electron chi connectivity index (χ0n) is 18.9. The lowest BCUT2D eigenvalue weighted by Crippen LogP contribution is -2.49. The molecule has 0 atom stereocenters. The lowest BCUT2D eigenvalue weighted by molar-refractivity contribution is 0.0746. The minimum absolute atomic E-state index is 0.0452. The van der Waals surface area contributed by atoms with Crippen LogP contribution in [0.15, 0.2) is 18.2 Å². The molecule has 0 radical (unpaired) electrons. The maximum atomic E-state index is 13.1. The summed E-state index contributed by atoms with van der Waals surface area (Å²) in [7, 11) is 0. The summed E-state index contributed by atoms with van der Waals surface area (Å²) in [5, 5.41) is 10.5. The SMILES string of the molecule is CCc1ccc(C(=O)N2CCN(c3nc(C(C)C)c4c(c3C#N)CCOC4)CC2)c(Cl)c1. The third-order valence-corrected chi connectivity index (χ3v) is 6.68. The Hall–Kier alpha value is -2.62. The fraction of sp³-hybridized carbons (Fsp3) is 0.480. The average molecular weight is 453 g/mol. The minimum atomic E-state index is -0.0452. The summed E-state index contributed by atoms with van der Waals surface area (Å²) in [5.74, 6) is 0.943. The predicted molar refractivity (Wildman–Crippen MR) is 125 cm³/mol. The van der Waals surface area contributed by atoms with Crippen molar-refractivity contribution in [3.63, 3.8) is 0 Å². The second-order valence-electron chi connectivity index (χ2n) is 8.67. The first kappa shape index (κ1) is 22.6. The van der Waals surface area contributed by atoms with Crippen molar-refractivity contribution in [2.75, 3.05) is 37.7 Å². The molecule has 1 saturated heterocycles. The Morgan fingerprint density at radius 2 is 2.00 bits per heavy atom. The second-order valence-corrected chi connectivity index (χ2v) is 9.08. The number of nitriles is 1. The highest BCUT2D eigenvalue weighted by Gasteiger charge is 2.29. The fourth-order valence-corrected chi connectivity index (χ4v) is 4.81. The Morgan fingerprint density at radius 1 is 1.25 bits per heavy atom. The Kier molecular flexibility index (Phi) is 6.68. The van der Waals surface area contributed by atoms with E-state index in [0.29, 0.717) is 55.5 Å². The molecule has 0 aliphatic carbocycles. The molecular formula is C25H29ClN4O2. The highest BCUT2D eigenvalue weighted by atomic mass is 35.5. The van der Waals surface area contributed by atoms with Gasteiger partial charge in [0.2, 0.25) is 0 Å². The van der Waals surface area contributed by atoms with Crippen molar-refractivity contribution in [1.29, 1.82) is 5.26 Å². The predicted octanol–water partition coefficient (Wildman–Crippen LogP) is 4.33. The number of hydrogen-bond acceptors (Lipinski definition) is 5. The number of carbonyl (C=O) groups is 1. The number of aryl methyl sites for hydroxylation is 1. The van der Waals surface area contributed by atoms with Crippen molar-refractivity contribution in [3.05, 3.63) is 56.7 Å². The molecule has 2 aliphatic rings. The number of hydrogen-bond donors (Lipinski definition) is 0. The molecular weight excluding hydrogens is 424 g/mol. The van der Waals surface area contributed by atoms with E-state index in [9.17, 15) is 10.1 Å². The number of pyridine rings is 1. The van der Waals surface area contributed by atoms with Gasteiger partial charge in [-0.2, -0.15) is 5.26 Å². The molecule has 0 unspecified atom stereocenters. The average Bonchev–Trinajstić information content (AvgIpc) is 2.82. The summed E-state index contributed by atoms with van der Waals surface area (Å²) >= 11 is 6.39. The Balaban J connectivity index is 1.56. The van der Waals surface area contributed by atoms with Gasteiger partial charge in [0.05, 0.1) is 35.1 Å². The third-order valence-electron chi connectivity index (χ3n) is 6.37. The number of benzene rings is 1. The summed E-state index contributed by atoms with van der Waals surface area (Å²) in [4.78, 5) is 22.0. The van der Waals surface area contributed by atoms with E-state index in [0.717, 1.165) is 41.0 Å². The van der Waals surface area contributed by atoms with Gasteiger partial charge in [-0.1, -0.05) is 38.4 Å². The lowest BCUT2D eigenvalue weighted by atomic mass is 9.92. The van der Waals surface area contributed by atoms with Crippen molar-refractivity contribution < 1.29 is 9.53 Å². The van der Waals surface area contributed by atoms with Crippen LogP contribution in [-0.4, -0.2) is 48.6 Å². The number of piperazine rings is 1.